The summed E-state index contributed by atoms with van der Waals surface area (Å²) in [6.45, 7) is 5.25. The second-order valence-electron chi connectivity index (χ2n) is 7.24. The van der Waals surface area contributed by atoms with Crippen molar-refractivity contribution in [2.24, 2.45) is 5.92 Å². The van der Waals surface area contributed by atoms with Crippen LogP contribution in [0.25, 0.3) is 5.52 Å². The summed E-state index contributed by atoms with van der Waals surface area (Å²) in [6.07, 6.45) is 6.07. The van der Waals surface area contributed by atoms with Crippen molar-refractivity contribution >= 4 is 17.3 Å². The van der Waals surface area contributed by atoms with Crippen LogP contribution in [0.2, 0.25) is 0 Å². The molecule has 4 rings (SSSR count). The molecule has 0 bridgehead atoms. The van der Waals surface area contributed by atoms with Gasteiger partial charge in [-0.3, -0.25) is 14.0 Å². The highest BCUT2D eigenvalue weighted by atomic mass is 16.2. The molecule has 0 saturated carbocycles. The second-order valence-corrected chi connectivity index (χ2v) is 7.24. The number of carbonyl (C=O) groups is 2. The fourth-order valence-corrected chi connectivity index (χ4v) is 3.93. The lowest BCUT2D eigenvalue weighted by atomic mass is 10.00. The van der Waals surface area contributed by atoms with E-state index >= 15 is 0 Å². The minimum Gasteiger partial charge on any atom is -0.337 e. The number of aromatic nitrogens is 2. The van der Waals surface area contributed by atoms with E-state index in [9.17, 15) is 9.59 Å². The van der Waals surface area contributed by atoms with Gasteiger partial charge in [-0.05, 0) is 43.7 Å². The van der Waals surface area contributed by atoms with Gasteiger partial charge in [0.2, 0.25) is 5.82 Å². The van der Waals surface area contributed by atoms with Crippen LogP contribution in [0, 0.1) is 5.92 Å². The van der Waals surface area contributed by atoms with Gasteiger partial charge in [0, 0.05) is 32.4 Å². The van der Waals surface area contributed by atoms with E-state index in [4.69, 9.17) is 0 Å². The van der Waals surface area contributed by atoms with Crippen molar-refractivity contribution in [1.82, 2.24) is 19.2 Å². The first kappa shape index (κ1) is 16.1. The second kappa shape index (κ2) is 6.50. The Kier molecular flexibility index (Phi) is 4.19. The molecule has 2 aromatic heterocycles. The van der Waals surface area contributed by atoms with Crippen LogP contribution < -0.4 is 0 Å². The Labute approximate surface area is 147 Å². The summed E-state index contributed by atoms with van der Waals surface area (Å²) in [5.41, 5.74) is 1.12. The smallest absolute Gasteiger partial charge is 0.290 e. The van der Waals surface area contributed by atoms with Crippen molar-refractivity contribution in [3.05, 3.63) is 35.9 Å². The van der Waals surface area contributed by atoms with Crippen molar-refractivity contribution in [3.8, 4) is 0 Å². The van der Waals surface area contributed by atoms with Crippen LogP contribution in [0.1, 0.15) is 53.7 Å². The minimum atomic E-state index is -0.0789. The third kappa shape index (κ3) is 2.90. The summed E-state index contributed by atoms with van der Waals surface area (Å²) in [4.78, 5) is 34.1. The summed E-state index contributed by atoms with van der Waals surface area (Å²) in [5.74, 6) is 0.726. The fourth-order valence-electron chi connectivity index (χ4n) is 3.93. The fraction of sp³-hybridized carbons (Fsp3) is 0.526. The van der Waals surface area contributed by atoms with Crippen molar-refractivity contribution in [2.45, 2.75) is 32.6 Å². The predicted octanol–water partition coefficient (Wildman–Crippen LogP) is 2.44. The first-order valence-corrected chi connectivity index (χ1v) is 9.21. The molecule has 132 valence electrons. The van der Waals surface area contributed by atoms with E-state index < -0.39 is 0 Å². The first-order chi connectivity index (χ1) is 12.1. The number of likely N-dealkylation sites (tertiary alicyclic amines) is 2. The molecule has 4 heterocycles. The Morgan fingerprint density at radius 3 is 2.56 bits per heavy atom. The molecule has 2 fully saturated rings. The highest BCUT2D eigenvalue weighted by Gasteiger charge is 2.29. The van der Waals surface area contributed by atoms with E-state index in [0.717, 1.165) is 51.9 Å². The average molecular weight is 340 g/mol. The highest BCUT2D eigenvalue weighted by molar-refractivity contribution is 6.02. The van der Waals surface area contributed by atoms with Gasteiger partial charge < -0.3 is 9.80 Å². The van der Waals surface area contributed by atoms with Gasteiger partial charge in [0.25, 0.3) is 11.8 Å². The monoisotopic (exact) mass is 340 g/mol. The standard InChI is InChI=1S/C19H24N4O2/c1-14-7-6-11-22(13-14)18(24)16-15-8-2-3-12-23(15)17(20-16)19(25)21-9-4-5-10-21/h2-3,8,12,14H,4-7,9-11,13H2,1H3. The van der Waals surface area contributed by atoms with Gasteiger partial charge in [0.05, 0.1) is 5.52 Å². The zero-order valence-corrected chi connectivity index (χ0v) is 14.6. The van der Waals surface area contributed by atoms with Crippen molar-refractivity contribution in [3.63, 3.8) is 0 Å². The third-order valence-electron chi connectivity index (χ3n) is 5.28. The number of carbonyl (C=O) groups excluding carboxylic acids is 2. The summed E-state index contributed by atoms with van der Waals surface area (Å²) < 4.78 is 1.77. The number of fused-ring (bicyclic) bond motifs is 1. The molecule has 0 aromatic carbocycles. The van der Waals surface area contributed by atoms with Gasteiger partial charge in [0.1, 0.15) is 0 Å². The maximum atomic E-state index is 13.0. The molecule has 6 nitrogen and oxygen atoms in total. The summed E-state index contributed by atoms with van der Waals surface area (Å²) in [5, 5.41) is 0. The van der Waals surface area contributed by atoms with Gasteiger partial charge >= 0.3 is 0 Å². The molecule has 2 aliphatic rings. The van der Waals surface area contributed by atoms with Crippen LogP contribution in [-0.2, 0) is 0 Å². The largest absolute Gasteiger partial charge is 0.337 e. The first-order valence-electron chi connectivity index (χ1n) is 9.21. The maximum Gasteiger partial charge on any atom is 0.290 e. The number of hydrogen-bond acceptors (Lipinski definition) is 3. The lowest BCUT2D eigenvalue weighted by Crippen LogP contribution is -2.39. The number of rotatable bonds is 2. The molecule has 0 aliphatic carbocycles. The van der Waals surface area contributed by atoms with Gasteiger partial charge in [-0.1, -0.05) is 13.0 Å². The molecule has 0 N–H and O–H groups in total. The molecular formula is C19H24N4O2. The Balaban J connectivity index is 1.72. The van der Waals surface area contributed by atoms with Gasteiger partial charge in [-0.25, -0.2) is 4.98 Å². The van der Waals surface area contributed by atoms with Crippen LogP contribution in [0.3, 0.4) is 0 Å². The van der Waals surface area contributed by atoms with E-state index in [2.05, 4.69) is 11.9 Å². The van der Waals surface area contributed by atoms with Gasteiger partial charge in [0.15, 0.2) is 5.69 Å². The van der Waals surface area contributed by atoms with Crippen molar-refractivity contribution in [1.29, 1.82) is 0 Å². The molecule has 2 aliphatic heterocycles. The molecule has 25 heavy (non-hydrogen) atoms. The van der Waals surface area contributed by atoms with E-state index in [-0.39, 0.29) is 11.8 Å². The molecule has 2 aromatic rings. The van der Waals surface area contributed by atoms with E-state index in [1.54, 1.807) is 4.40 Å². The number of nitrogens with zero attached hydrogens (tertiary/aromatic N) is 4. The minimum absolute atomic E-state index is 0.0595. The van der Waals surface area contributed by atoms with E-state index in [0.29, 0.717) is 23.0 Å². The maximum absolute atomic E-state index is 13.0. The average Bonchev–Trinajstić information content (AvgIpc) is 3.29. The molecule has 2 saturated heterocycles. The zero-order chi connectivity index (χ0) is 17.4. The molecule has 1 unspecified atom stereocenters. The molecule has 2 amide bonds. The van der Waals surface area contributed by atoms with Crippen molar-refractivity contribution < 1.29 is 9.59 Å². The highest BCUT2D eigenvalue weighted by Crippen LogP contribution is 2.22. The summed E-state index contributed by atoms with van der Waals surface area (Å²) in [6, 6.07) is 5.62. The predicted molar refractivity (Wildman–Crippen MR) is 94.6 cm³/mol. The lowest BCUT2D eigenvalue weighted by molar-refractivity contribution is 0.0679. The molecule has 0 radical (unpaired) electrons. The van der Waals surface area contributed by atoms with Crippen LogP contribution in [0.15, 0.2) is 24.4 Å². The SMILES string of the molecule is CC1CCCN(C(=O)c2nc(C(=O)N3CCCC3)n3ccccc23)C1. The van der Waals surface area contributed by atoms with Gasteiger partial charge in [-0.2, -0.15) is 0 Å². The molecule has 0 spiro atoms. The number of imidazole rings is 1. The number of amides is 2. The number of hydrogen-bond donors (Lipinski definition) is 0. The van der Waals surface area contributed by atoms with E-state index in [1.807, 2.05) is 34.2 Å². The Hall–Kier alpha value is -2.37. The summed E-state index contributed by atoms with van der Waals surface area (Å²) >= 11 is 0. The molecule has 6 heteroatoms. The van der Waals surface area contributed by atoms with Crippen LogP contribution in [0.4, 0.5) is 0 Å². The van der Waals surface area contributed by atoms with Crippen molar-refractivity contribution in [2.75, 3.05) is 26.2 Å². The number of pyridine rings is 1. The Morgan fingerprint density at radius 2 is 1.80 bits per heavy atom. The topological polar surface area (TPSA) is 57.9 Å². The summed E-state index contributed by atoms with van der Waals surface area (Å²) in [7, 11) is 0. The molecule has 1 atom stereocenters. The zero-order valence-electron chi connectivity index (χ0n) is 14.6. The number of piperidine rings is 1. The Bertz CT molecular complexity index is 807. The van der Waals surface area contributed by atoms with Crippen LogP contribution >= 0.6 is 0 Å². The Morgan fingerprint density at radius 1 is 1.04 bits per heavy atom. The van der Waals surface area contributed by atoms with Gasteiger partial charge in [-0.15, -0.1) is 0 Å². The quantitative estimate of drug-likeness (QED) is 0.844. The van der Waals surface area contributed by atoms with Crippen LogP contribution in [-0.4, -0.2) is 57.2 Å². The van der Waals surface area contributed by atoms with E-state index in [1.165, 1.54) is 0 Å². The lowest BCUT2D eigenvalue weighted by Gasteiger charge is -2.30. The molecular weight excluding hydrogens is 316 g/mol. The third-order valence-corrected chi connectivity index (χ3v) is 5.28. The van der Waals surface area contributed by atoms with Crippen LogP contribution in [0.5, 0.6) is 0 Å². The normalized spacial score (nSPS) is 21.1.